The van der Waals surface area contributed by atoms with Crippen LogP contribution in [-0.2, 0) is 4.79 Å². The second-order valence-corrected chi connectivity index (χ2v) is 5.27. The number of nitrogens with two attached hydrogens (primary N) is 1. The summed E-state index contributed by atoms with van der Waals surface area (Å²) >= 11 is 0. The Bertz CT molecular complexity index is 362. The Hall–Kier alpha value is -1.35. The molecule has 1 aromatic carbocycles. The molecule has 100 valence electrons. The SMILES string of the molecule is CC(C)CCC(C)NC(=O)[C@@H](N)c1ccccc1. The molecule has 0 fully saturated rings. The average molecular weight is 248 g/mol. The number of hydrogen-bond acceptors (Lipinski definition) is 2. The van der Waals surface area contributed by atoms with Crippen LogP contribution in [0.2, 0.25) is 0 Å². The molecule has 1 rings (SSSR count). The van der Waals surface area contributed by atoms with Crippen LogP contribution < -0.4 is 11.1 Å². The number of carbonyl (C=O) groups is 1. The first-order valence-electron chi connectivity index (χ1n) is 6.61. The summed E-state index contributed by atoms with van der Waals surface area (Å²) < 4.78 is 0. The van der Waals surface area contributed by atoms with Crippen LogP contribution in [0, 0.1) is 5.92 Å². The molecule has 3 N–H and O–H groups in total. The van der Waals surface area contributed by atoms with Gasteiger partial charge in [-0.3, -0.25) is 4.79 Å². The van der Waals surface area contributed by atoms with Gasteiger partial charge >= 0.3 is 0 Å². The van der Waals surface area contributed by atoms with E-state index in [2.05, 4.69) is 19.2 Å². The van der Waals surface area contributed by atoms with Gasteiger partial charge in [-0.2, -0.15) is 0 Å². The van der Waals surface area contributed by atoms with E-state index in [1.165, 1.54) is 0 Å². The minimum atomic E-state index is -0.576. The van der Waals surface area contributed by atoms with Crippen molar-refractivity contribution in [2.75, 3.05) is 0 Å². The van der Waals surface area contributed by atoms with Gasteiger partial charge in [-0.25, -0.2) is 0 Å². The van der Waals surface area contributed by atoms with Gasteiger partial charge in [0.2, 0.25) is 5.91 Å². The molecule has 1 amide bonds. The number of benzene rings is 1. The fraction of sp³-hybridized carbons (Fsp3) is 0.533. The van der Waals surface area contributed by atoms with Gasteiger partial charge in [-0.15, -0.1) is 0 Å². The Balaban J connectivity index is 2.45. The Kier molecular flexibility index (Phi) is 5.86. The molecule has 1 aromatic rings. The van der Waals surface area contributed by atoms with E-state index < -0.39 is 6.04 Å². The Morgan fingerprint density at radius 1 is 1.17 bits per heavy atom. The minimum absolute atomic E-state index is 0.0996. The first-order chi connectivity index (χ1) is 8.50. The van der Waals surface area contributed by atoms with E-state index in [1.807, 2.05) is 37.3 Å². The minimum Gasteiger partial charge on any atom is -0.352 e. The highest BCUT2D eigenvalue weighted by Gasteiger charge is 2.17. The smallest absolute Gasteiger partial charge is 0.241 e. The monoisotopic (exact) mass is 248 g/mol. The number of amides is 1. The highest BCUT2D eigenvalue weighted by atomic mass is 16.2. The summed E-state index contributed by atoms with van der Waals surface area (Å²) in [7, 11) is 0. The van der Waals surface area contributed by atoms with E-state index in [1.54, 1.807) is 0 Å². The molecule has 0 aromatic heterocycles. The summed E-state index contributed by atoms with van der Waals surface area (Å²) in [6, 6.07) is 9.06. The standard InChI is InChI=1S/C15H24N2O/c1-11(2)9-10-12(3)17-15(18)14(16)13-7-5-4-6-8-13/h4-8,11-12,14H,9-10,16H2,1-3H3,(H,17,18)/t12?,14-/m0/s1. The third-order valence-corrected chi connectivity index (χ3v) is 3.01. The van der Waals surface area contributed by atoms with Crippen molar-refractivity contribution < 1.29 is 4.79 Å². The predicted octanol–water partition coefficient (Wildman–Crippen LogP) is 2.63. The second kappa shape index (κ2) is 7.17. The Morgan fingerprint density at radius 3 is 2.33 bits per heavy atom. The highest BCUT2D eigenvalue weighted by Crippen LogP contribution is 2.11. The molecule has 1 unspecified atom stereocenters. The van der Waals surface area contributed by atoms with Crippen LogP contribution in [0.25, 0.3) is 0 Å². The number of nitrogens with one attached hydrogen (secondary N) is 1. The number of hydrogen-bond donors (Lipinski definition) is 2. The van der Waals surface area contributed by atoms with Crippen LogP contribution in [0.15, 0.2) is 30.3 Å². The van der Waals surface area contributed by atoms with Crippen LogP contribution in [0.1, 0.15) is 45.2 Å². The Labute approximate surface area is 110 Å². The van der Waals surface area contributed by atoms with E-state index in [0.717, 1.165) is 18.4 Å². The molecule has 0 aliphatic rings. The molecule has 0 radical (unpaired) electrons. The van der Waals surface area contributed by atoms with Gasteiger partial charge in [0.1, 0.15) is 6.04 Å². The zero-order chi connectivity index (χ0) is 13.5. The van der Waals surface area contributed by atoms with Crippen molar-refractivity contribution in [1.82, 2.24) is 5.32 Å². The summed E-state index contributed by atoms with van der Waals surface area (Å²) in [6.07, 6.45) is 2.10. The molecule has 0 saturated heterocycles. The van der Waals surface area contributed by atoms with E-state index >= 15 is 0 Å². The molecular weight excluding hydrogens is 224 g/mol. The van der Waals surface area contributed by atoms with Gasteiger partial charge in [-0.05, 0) is 31.2 Å². The van der Waals surface area contributed by atoms with Gasteiger partial charge < -0.3 is 11.1 Å². The van der Waals surface area contributed by atoms with E-state index in [4.69, 9.17) is 5.73 Å². The van der Waals surface area contributed by atoms with Gasteiger partial charge in [0.25, 0.3) is 0 Å². The van der Waals surface area contributed by atoms with Gasteiger partial charge in [0.15, 0.2) is 0 Å². The first kappa shape index (κ1) is 14.7. The van der Waals surface area contributed by atoms with Crippen molar-refractivity contribution in [2.24, 2.45) is 11.7 Å². The largest absolute Gasteiger partial charge is 0.352 e. The van der Waals surface area contributed by atoms with E-state index in [0.29, 0.717) is 5.92 Å². The number of rotatable bonds is 6. The van der Waals surface area contributed by atoms with Crippen LogP contribution >= 0.6 is 0 Å². The maximum absolute atomic E-state index is 12.0. The first-order valence-corrected chi connectivity index (χ1v) is 6.61. The van der Waals surface area contributed by atoms with Crippen LogP contribution in [0.5, 0.6) is 0 Å². The van der Waals surface area contributed by atoms with Crippen LogP contribution in [0.3, 0.4) is 0 Å². The number of carbonyl (C=O) groups excluding carboxylic acids is 1. The lowest BCUT2D eigenvalue weighted by molar-refractivity contribution is -0.123. The third kappa shape index (κ3) is 4.88. The van der Waals surface area contributed by atoms with E-state index in [9.17, 15) is 4.79 Å². The summed E-state index contributed by atoms with van der Waals surface area (Å²) in [5.74, 6) is 0.560. The molecule has 0 spiro atoms. The average Bonchev–Trinajstić information content (AvgIpc) is 2.36. The molecule has 3 heteroatoms. The topological polar surface area (TPSA) is 55.1 Å². The zero-order valence-electron chi connectivity index (χ0n) is 11.5. The van der Waals surface area contributed by atoms with Crippen molar-refractivity contribution >= 4 is 5.91 Å². The molecule has 0 aliphatic carbocycles. The lowest BCUT2D eigenvalue weighted by Gasteiger charge is -2.18. The second-order valence-electron chi connectivity index (χ2n) is 5.27. The van der Waals surface area contributed by atoms with Gasteiger partial charge in [0.05, 0.1) is 0 Å². The molecular formula is C15H24N2O. The predicted molar refractivity (Wildman–Crippen MR) is 75.0 cm³/mol. The van der Waals surface area contributed by atoms with Crippen molar-refractivity contribution in [2.45, 2.75) is 45.7 Å². The summed E-state index contributed by atoms with van der Waals surface area (Å²) in [5.41, 5.74) is 6.78. The van der Waals surface area contributed by atoms with E-state index in [-0.39, 0.29) is 11.9 Å². The summed E-state index contributed by atoms with van der Waals surface area (Å²) in [6.45, 7) is 6.40. The van der Waals surface area contributed by atoms with Crippen LogP contribution in [-0.4, -0.2) is 11.9 Å². The third-order valence-electron chi connectivity index (χ3n) is 3.01. The van der Waals surface area contributed by atoms with Crippen molar-refractivity contribution in [3.63, 3.8) is 0 Å². The fourth-order valence-corrected chi connectivity index (χ4v) is 1.80. The highest BCUT2D eigenvalue weighted by molar-refractivity contribution is 5.83. The zero-order valence-corrected chi connectivity index (χ0v) is 11.5. The molecule has 0 aliphatic heterocycles. The molecule has 0 saturated carbocycles. The van der Waals surface area contributed by atoms with Crippen LogP contribution in [0.4, 0.5) is 0 Å². The Morgan fingerprint density at radius 2 is 1.78 bits per heavy atom. The van der Waals surface area contributed by atoms with Gasteiger partial charge in [-0.1, -0.05) is 44.2 Å². The quantitative estimate of drug-likeness (QED) is 0.813. The lowest BCUT2D eigenvalue weighted by Crippen LogP contribution is -2.39. The lowest BCUT2D eigenvalue weighted by atomic mass is 10.0. The maximum atomic E-state index is 12.0. The molecule has 3 nitrogen and oxygen atoms in total. The normalized spacial score (nSPS) is 14.3. The van der Waals surface area contributed by atoms with Crippen molar-refractivity contribution in [3.8, 4) is 0 Å². The summed E-state index contributed by atoms with van der Waals surface area (Å²) in [4.78, 5) is 12.0. The van der Waals surface area contributed by atoms with Crippen molar-refractivity contribution in [3.05, 3.63) is 35.9 Å². The fourth-order valence-electron chi connectivity index (χ4n) is 1.80. The van der Waals surface area contributed by atoms with Crippen molar-refractivity contribution in [1.29, 1.82) is 0 Å². The molecule has 0 heterocycles. The molecule has 2 atom stereocenters. The maximum Gasteiger partial charge on any atom is 0.241 e. The molecule has 0 bridgehead atoms. The summed E-state index contributed by atoms with van der Waals surface area (Å²) in [5, 5.41) is 2.97. The van der Waals surface area contributed by atoms with Gasteiger partial charge in [0, 0.05) is 6.04 Å². The molecule has 18 heavy (non-hydrogen) atoms.